The van der Waals surface area contributed by atoms with E-state index in [0.717, 1.165) is 11.5 Å². The number of nitrogens with zero attached hydrogens (tertiary/aromatic N) is 3. The molecule has 0 heterocycles. The maximum atomic E-state index is 11.7. The molecule has 124 valence electrons. The first kappa shape index (κ1) is 20.5. The number of rotatable bonds is 4. The Morgan fingerprint density at radius 1 is 1.14 bits per heavy atom. The first-order valence-corrected chi connectivity index (χ1v) is 6.55. The van der Waals surface area contributed by atoms with Crippen LogP contribution in [0.5, 0.6) is 5.75 Å². The first-order valence-electron chi connectivity index (χ1n) is 6.55. The van der Waals surface area contributed by atoms with Crippen molar-refractivity contribution >= 4 is 35.9 Å². The van der Waals surface area contributed by atoms with Gasteiger partial charge in [-0.05, 0) is 17.7 Å². The molecule has 0 fully saturated rings. The van der Waals surface area contributed by atoms with Crippen LogP contribution in [0.15, 0.2) is 23.2 Å². The van der Waals surface area contributed by atoms with Gasteiger partial charge in [0.25, 0.3) is 0 Å². The first-order chi connectivity index (χ1) is 9.90. The Balaban J connectivity index is 0.00000441. The summed E-state index contributed by atoms with van der Waals surface area (Å²) in [6.07, 6.45) is 0. The molecule has 0 bridgehead atoms. The third-order valence-electron chi connectivity index (χ3n) is 2.87. The molecule has 6 nitrogen and oxygen atoms in total. The lowest BCUT2D eigenvalue weighted by molar-refractivity contribution is 0.0597. The number of esters is 1. The third-order valence-corrected chi connectivity index (χ3v) is 2.87. The van der Waals surface area contributed by atoms with Crippen LogP contribution in [0.1, 0.15) is 15.9 Å². The van der Waals surface area contributed by atoms with Gasteiger partial charge in [-0.25, -0.2) is 9.79 Å². The van der Waals surface area contributed by atoms with Crippen LogP contribution in [0.25, 0.3) is 0 Å². The molecule has 0 unspecified atom stereocenters. The van der Waals surface area contributed by atoms with Crippen LogP contribution in [-0.2, 0) is 11.3 Å². The zero-order valence-electron chi connectivity index (χ0n) is 13.9. The van der Waals surface area contributed by atoms with Crippen molar-refractivity contribution < 1.29 is 14.3 Å². The molecule has 0 aliphatic heterocycles. The van der Waals surface area contributed by atoms with E-state index in [2.05, 4.69) is 4.99 Å². The summed E-state index contributed by atoms with van der Waals surface area (Å²) in [7, 11) is 10.6. The van der Waals surface area contributed by atoms with E-state index in [1.807, 2.05) is 44.1 Å². The van der Waals surface area contributed by atoms with Crippen LogP contribution in [0.4, 0.5) is 0 Å². The zero-order valence-corrected chi connectivity index (χ0v) is 16.2. The Bertz CT molecular complexity index is 521. The van der Waals surface area contributed by atoms with Crippen molar-refractivity contribution in [3.63, 3.8) is 0 Å². The monoisotopic (exact) mass is 421 g/mol. The summed E-state index contributed by atoms with van der Waals surface area (Å²) in [5.41, 5.74) is 1.32. The molecular weight excluding hydrogens is 397 g/mol. The fourth-order valence-corrected chi connectivity index (χ4v) is 1.97. The van der Waals surface area contributed by atoms with Crippen LogP contribution in [0, 0.1) is 0 Å². The Hall–Kier alpha value is -1.51. The molecule has 1 aromatic rings. The quantitative estimate of drug-likeness (QED) is 0.323. The number of hydrogen-bond donors (Lipinski definition) is 0. The van der Waals surface area contributed by atoms with Gasteiger partial charge in [0.05, 0.1) is 20.8 Å². The SMILES string of the molecule is COC(=O)c1cc(CN=C(N(C)C)N(C)C)ccc1OC.I. The lowest BCUT2D eigenvalue weighted by Crippen LogP contribution is -2.35. The van der Waals surface area contributed by atoms with Gasteiger partial charge in [0.2, 0.25) is 0 Å². The summed E-state index contributed by atoms with van der Waals surface area (Å²) in [6.45, 7) is 0.472. The number of guanidine groups is 1. The van der Waals surface area contributed by atoms with Crippen molar-refractivity contribution in [2.45, 2.75) is 6.54 Å². The van der Waals surface area contributed by atoms with Crippen molar-refractivity contribution in [2.24, 2.45) is 4.99 Å². The molecule has 1 aromatic carbocycles. The van der Waals surface area contributed by atoms with Gasteiger partial charge < -0.3 is 19.3 Å². The largest absolute Gasteiger partial charge is 0.496 e. The Morgan fingerprint density at radius 2 is 1.73 bits per heavy atom. The highest BCUT2D eigenvalue weighted by molar-refractivity contribution is 14.0. The number of aliphatic imine (C=N–C) groups is 1. The van der Waals surface area contributed by atoms with E-state index < -0.39 is 5.97 Å². The topological polar surface area (TPSA) is 54.4 Å². The summed E-state index contributed by atoms with van der Waals surface area (Å²) in [5.74, 6) is 0.929. The molecule has 0 aliphatic rings. The number of hydrogen-bond acceptors (Lipinski definition) is 4. The molecule has 0 aromatic heterocycles. The Morgan fingerprint density at radius 3 is 2.18 bits per heavy atom. The summed E-state index contributed by atoms with van der Waals surface area (Å²) in [5, 5.41) is 0. The summed E-state index contributed by atoms with van der Waals surface area (Å²) in [6, 6.07) is 5.39. The van der Waals surface area contributed by atoms with Crippen molar-refractivity contribution in [1.29, 1.82) is 0 Å². The second-order valence-electron chi connectivity index (χ2n) is 4.93. The summed E-state index contributed by atoms with van der Waals surface area (Å²) >= 11 is 0. The van der Waals surface area contributed by atoms with Crippen LogP contribution < -0.4 is 4.74 Å². The highest BCUT2D eigenvalue weighted by Crippen LogP contribution is 2.21. The highest BCUT2D eigenvalue weighted by Gasteiger charge is 2.13. The lowest BCUT2D eigenvalue weighted by atomic mass is 10.1. The molecule has 0 saturated heterocycles. The average molecular weight is 421 g/mol. The fraction of sp³-hybridized carbons (Fsp3) is 0.467. The smallest absolute Gasteiger partial charge is 0.341 e. The van der Waals surface area contributed by atoms with Gasteiger partial charge in [-0.2, -0.15) is 0 Å². The lowest BCUT2D eigenvalue weighted by Gasteiger charge is -2.22. The molecule has 0 saturated carbocycles. The minimum atomic E-state index is -0.418. The molecule has 0 amide bonds. The third kappa shape index (κ3) is 5.36. The average Bonchev–Trinajstić information content (AvgIpc) is 2.45. The van der Waals surface area contributed by atoms with Gasteiger partial charge >= 0.3 is 5.97 Å². The van der Waals surface area contributed by atoms with E-state index in [-0.39, 0.29) is 24.0 Å². The van der Waals surface area contributed by atoms with Crippen molar-refractivity contribution in [1.82, 2.24) is 9.80 Å². The summed E-state index contributed by atoms with van der Waals surface area (Å²) < 4.78 is 9.94. The van der Waals surface area contributed by atoms with E-state index in [0.29, 0.717) is 17.9 Å². The molecule has 0 aliphatic carbocycles. The number of methoxy groups -OCH3 is 2. The van der Waals surface area contributed by atoms with Crippen LogP contribution in [0.2, 0.25) is 0 Å². The number of carbonyl (C=O) groups is 1. The molecule has 0 atom stereocenters. The van der Waals surface area contributed by atoms with Gasteiger partial charge in [-0.1, -0.05) is 6.07 Å². The van der Waals surface area contributed by atoms with Gasteiger partial charge in [-0.3, -0.25) is 0 Å². The van der Waals surface area contributed by atoms with Crippen molar-refractivity contribution in [2.75, 3.05) is 42.4 Å². The second-order valence-corrected chi connectivity index (χ2v) is 4.93. The van der Waals surface area contributed by atoms with Gasteiger partial charge in [0, 0.05) is 28.2 Å². The fourth-order valence-electron chi connectivity index (χ4n) is 1.97. The van der Waals surface area contributed by atoms with Crippen molar-refractivity contribution in [3.8, 4) is 5.75 Å². The predicted molar refractivity (Wildman–Crippen MR) is 98.3 cm³/mol. The molecule has 7 heteroatoms. The van der Waals surface area contributed by atoms with Crippen molar-refractivity contribution in [3.05, 3.63) is 29.3 Å². The zero-order chi connectivity index (χ0) is 16.0. The minimum absolute atomic E-state index is 0. The number of ether oxygens (including phenoxy) is 2. The molecule has 1 rings (SSSR count). The second kappa shape index (κ2) is 9.50. The Labute approximate surface area is 149 Å². The number of halogens is 1. The van der Waals surface area contributed by atoms with E-state index in [9.17, 15) is 4.79 Å². The maximum absolute atomic E-state index is 11.7. The molecule has 0 N–H and O–H groups in total. The van der Waals surface area contributed by atoms with E-state index in [1.165, 1.54) is 14.2 Å². The number of benzene rings is 1. The van der Waals surface area contributed by atoms with Gasteiger partial charge in [-0.15, -0.1) is 24.0 Å². The molecule has 22 heavy (non-hydrogen) atoms. The van der Waals surface area contributed by atoms with E-state index >= 15 is 0 Å². The predicted octanol–water partition coefficient (Wildman–Crippen LogP) is 2.08. The van der Waals surface area contributed by atoms with Crippen LogP contribution >= 0.6 is 24.0 Å². The van der Waals surface area contributed by atoms with Crippen LogP contribution in [-0.4, -0.2) is 64.1 Å². The highest BCUT2D eigenvalue weighted by atomic mass is 127. The normalized spacial score (nSPS) is 9.36. The summed E-state index contributed by atoms with van der Waals surface area (Å²) in [4.78, 5) is 20.2. The minimum Gasteiger partial charge on any atom is -0.496 e. The van der Waals surface area contributed by atoms with E-state index in [1.54, 1.807) is 12.1 Å². The molecule has 0 spiro atoms. The standard InChI is InChI=1S/C15H23N3O3.HI/c1-17(2)15(18(3)4)16-10-11-7-8-13(20-5)12(9-11)14(19)21-6;/h7-9H,10H2,1-6H3;1H. The van der Waals surface area contributed by atoms with Gasteiger partial charge in [0.15, 0.2) is 5.96 Å². The molecule has 0 radical (unpaired) electrons. The molecular formula is C15H24IN3O3. The Kier molecular flexibility index (Phi) is 8.84. The maximum Gasteiger partial charge on any atom is 0.341 e. The van der Waals surface area contributed by atoms with Gasteiger partial charge in [0.1, 0.15) is 11.3 Å². The number of carbonyl (C=O) groups excluding carboxylic acids is 1. The van der Waals surface area contributed by atoms with Crippen LogP contribution in [0.3, 0.4) is 0 Å². The van der Waals surface area contributed by atoms with E-state index in [4.69, 9.17) is 9.47 Å².